The first-order valence-electron chi connectivity index (χ1n) is 3.38. The predicted octanol–water partition coefficient (Wildman–Crippen LogP) is 1.43. The highest BCUT2D eigenvalue weighted by Crippen LogP contribution is 2.13. The zero-order chi connectivity index (χ0) is 7.98. The quantitative estimate of drug-likeness (QED) is 0.621. The van der Waals surface area contributed by atoms with E-state index in [9.17, 15) is 4.79 Å². The minimum Gasteiger partial charge on any atom is -0.386 e. The molecule has 0 aromatic carbocycles. The molecule has 0 spiro atoms. The Morgan fingerprint density at radius 2 is 2.30 bits per heavy atom. The van der Waals surface area contributed by atoms with Gasteiger partial charge in [-0.2, -0.15) is 0 Å². The van der Waals surface area contributed by atoms with E-state index in [1.165, 1.54) is 11.8 Å². The molecular weight excluding hydrogens is 148 g/mol. The van der Waals surface area contributed by atoms with Crippen LogP contribution in [-0.4, -0.2) is 22.1 Å². The van der Waals surface area contributed by atoms with Crippen LogP contribution in [0.2, 0.25) is 0 Å². The van der Waals surface area contributed by atoms with Crippen molar-refractivity contribution < 1.29 is 9.90 Å². The first kappa shape index (κ1) is 9.98. The van der Waals surface area contributed by atoms with Gasteiger partial charge >= 0.3 is 0 Å². The maximum Gasteiger partial charge on any atom is 0.129 e. The van der Waals surface area contributed by atoms with Crippen LogP contribution in [0.3, 0.4) is 0 Å². The van der Waals surface area contributed by atoms with Crippen molar-refractivity contribution in [3.8, 4) is 0 Å². The molecule has 0 bridgehead atoms. The molecule has 0 heterocycles. The van der Waals surface area contributed by atoms with E-state index in [0.717, 1.165) is 6.42 Å². The Morgan fingerprint density at radius 3 is 2.70 bits per heavy atom. The Balaban J connectivity index is 3.21. The van der Waals surface area contributed by atoms with Crippen molar-refractivity contribution in [1.29, 1.82) is 0 Å². The van der Waals surface area contributed by atoms with Crippen molar-refractivity contribution in [2.75, 3.05) is 5.94 Å². The number of carbonyl (C=O) groups is 1. The van der Waals surface area contributed by atoms with Crippen LogP contribution < -0.4 is 0 Å². The maximum absolute atomic E-state index is 10.5. The van der Waals surface area contributed by atoms with Crippen LogP contribution >= 0.6 is 11.8 Å². The van der Waals surface area contributed by atoms with Crippen molar-refractivity contribution in [2.45, 2.75) is 31.9 Å². The summed E-state index contributed by atoms with van der Waals surface area (Å²) in [6.45, 7) is 3.61. The summed E-state index contributed by atoms with van der Waals surface area (Å²) < 4.78 is 0. The fraction of sp³-hybridized carbons (Fsp3) is 0.857. The molecular formula is C7H14O2S. The molecule has 0 saturated heterocycles. The van der Waals surface area contributed by atoms with Crippen molar-refractivity contribution in [3.05, 3.63) is 0 Å². The number of hydrogen-bond donors (Lipinski definition) is 1. The Kier molecular flexibility index (Phi) is 5.73. The van der Waals surface area contributed by atoms with Crippen molar-refractivity contribution in [1.82, 2.24) is 0 Å². The summed E-state index contributed by atoms with van der Waals surface area (Å²) in [4.78, 5) is 10.5. The highest BCUT2D eigenvalue weighted by Gasteiger charge is 2.02. The molecule has 1 N–H and O–H groups in total. The third kappa shape index (κ3) is 6.11. The summed E-state index contributed by atoms with van der Waals surface area (Å²) in [7, 11) is 0. The second kappa shape index (κ2) is 5.74. The van der Waals surface area contributed by atoms with Crippen LogP contribution in [0.4, 0.5) is 0 Å². The van der Waals surface area contributed by atoms with Gasteiger partial charge in [-0.15, -0.1) is 11.8 Å². The third-order valence-electron chi connectivity index (χ3n) is 1.26. The molecule has 0 aromatic rings. The van der Waals surface area contributed by atoms with Gasteiger partial charge in [-0.25, -0.2) is 0 Å². The molecule has 10 heavy (non-hydrogen) atoms. The minimum absolute atomic E-state index is 0.152. The molecule has 1 atom stereocenters. The van der Waals surface area contributed by atoms with E-state index in [0.29, 0.717) is 11.7 Å². The second-order valence-corrected chi connectivity index (χ2v) is 3.74. The Morgan fingerprint density at radius 1 is 1.70 bits per heavy atom. The minimum atomic E-state index is 0.152. The van der Waals surface area contributed by atoms with Gasteiger partial charge in [-0.05, 0) is 13.3 Å². The van der Waals surface area contributed by atoms with Gasteiger partial charge in [0.05, 0.1) is 5.94 Å². The van der Waals surface area contributed by atoms with E-state index in [4.69, 9.17) is 5.11 Å². The molecule has 0 aliphatic carbocycles. The van der Waals surface area contributed by atoms with Gasteiger partial charge in [0.25, 0.3) is 0 Å². The zero-order valence-electron chi connectivity index (χ0n) is 6.46. The number of thioether (sulfide) groups is 1. The summed E-state index contributed by atoms with van der Waals surface area (Å²) >= 11 is 1.48. The molecule has 0 rings (SSSR count). The van der Waals surface area contributed by atoms with E-state index in [1.807, 2.05) is 6.92 Å². The topological polar surface area (TPSA) is 37.3 Å². The van der Waals surface area contributed by atoms with Crippen LogP contribution in [0, 0.1) is 0 Å². The lowest BCUT2D eigenvalue weighted by Gasteiger charge is -2.05. The number of aliphatic hydroxyl groups excluding tert-OH is 1. The van der Waals surface area contributed by atoms with E-state index in [2.05, 4.69) is 0 Å². The maximum atomic E-state index is 10.5. The zero-order valence-corrected chi connectivity index (χ0v) is 7.28. The van der Waals surface area contributed by atoms with Crippen LogP contribution in [0.5, 0.6) is 0 Å². The van der Waals surface area contributed by atoms with Gasteiger partial charge in [0.15, 0.2) is 0 Å². The smallest absolute Gasteiger partial charge is 0.129 e. The van der Waals surface area contributed by atoms with Crippen LogP contribution in [-0.2, 0) is 4.79 Å². The molecule has 2 nitrogen and oxygen atoms in total. The highest BCUT2D eigenvalue weighted by atomic mass is 32.2. The lowest BCUT2D eigenvalue weighted by molar-refractivity contribution is -0.117. The van der Waals surface area contributed by atoms with Crippen LogP contribution in [0.15, 0.2) is 0 Å². The largest absolute Gasteiger partial charge is 0.386 e. The summed E-state index contributed by atoms with van der Waals surface area (Å²) in [6, 6.07) is 0. The lowest BCUT2D eigenvalue weighted by atomic mass is 10.2. The molecule has 0 radical (unpaired) electrons. The molecule has 0 aromatic heterocycles. The average Bonchev–Trinajstić information content (AvgIpc) is 1.85. The molecule has 1 unspecified atom stereocenters. The SMILES string of the molecule is CC(=O)CCC(C)SCO. The van der Waals surface area contributed by atoms with Crippen LogP contribution in [0.1, 0.15) is 26.7 Å². The van der Waals surface area contributed by atoms with Gasteiger partial charge in [-0.1, -0.05) is 6.92 Å². The highest BCUT2D eigenvalue weighted by molar-refractivity contribution is 7.99. The van der Waals surface area contributed by atoms with E-state index in [1.54, 1.807) is 6.92 Å². The first-order valence-corrected chi connectivity index (χ1v) is 4.43. The van der Waals surface area contributed by atoms with Gasteiger partial charge in [0.1, 0.15) is 5.78 Å². The number of aliphatic hydroxyl groups is 1. The van der Waals surface area contributed by atoms with E-state index < -0.39 is 0 Å². The summed E-state index contributed by atoms with van der Waals surface area (Å²) in [5.41, 5.74) is 0. The number of hydrogen-bond acceptors (Lipinski definition) is 3. The molecule has 0 aliphatic heterocycles. The Hall–Kier alpha value is -0.0200. The number of rotatable bonds is 5. The first-order chi connectivity index (χ1) is 4.66. The predicted molar refractivity (Wildman–Crippen MR) is 44.1 cm³/mol. The van der Waals surface area contributed by atoms with Crippen LogP contribution in [0.25, 0.3) is 0 Å². The fourth-order valence-electron chi connectivity index (χ4n) is 0.617. The molecule has 0 saturated carbocycles. The standard InChI is InChI=1S/C7H14O2S/c1-6(9)3-4-7(2)10-5-8/h7-8H,3-5H2,1-2H3. The molecule has 0 amide bonds. The lowest BCUT2D eigenvalue weighted by Crippen LogP contribution is -2.00. The molecule has 0 aliphatic rings. The molecule has 60 valence electrons. The number of Topliss-reactive ketones (excluding diaryl/α,β-unsaturated/α-hetero) is 1. The number of ketones is 1. The average molecular weight is 162 g/mol. The Bertz CT molecular complexity index is 104. The molecule has 3 heteroatoms. The fourth-order valence-corrected chi connectivity index (χ4v) is 1.16. The summed E-state index contributed by atoms with van der Waals surface area (Å²) in [6.07, 6.45) is 1.51. The third-order valence-corrected chi connectivity index (χ3v) is 2.22. The van der Waals surface area contributed by atoms with E-state index in [-0.39, 0.29) is 11.7 Å². The van der Waals surface area contributed by atoms with Gasteiger partial charge in [0.2, 0.25) is 0 Å². The van der Waals surface area contributed by atoms with Gasteiger partial charge in [0, 0.05) is 11.7 Å². The van der Waals surface area contributed by atoms with Crippen molar-refractivity contribution in [2.24, 2.45) is 0 Å². The molecule has 0 fully saturated rings. The number of carbonyl (C=O) groups excluding carboxylic acids is 1. The monoisotopic (exact) mass is 162 g/mol. The van der Waals surface area contributed by atoms with Crippen molar-refractivity contribution >= 4 is 17.5 Å². The van der Waals surface area contributed by atoms with Crippen molar-refractivity contribution in [3.63, 3.8) is 0 Å². The van der Waals surface area contributed by atoms with Gasteiger partial charge < -0.3 is 9.90 Å². The summed E-state index contributed by atoms with van der Waals surface area (Å²) in [5, 5.41) is 8.88. The summed E-state index contributed by atoms with van der Waals surface area (Å²) in [5.74, 6) is 0.379. The van der Waals surface area contributed by atoms with E-state index >= 15 is 0 Å². The second-order valence-electron chi connectivity index (χ2n) is 2.35. The van der Waals surface area contributed by atoms with Gasteiger partial charge in [-0.3, -0.25) is 0 Å². The normalized spacial score (nSPS) is 13.1. The Labute approximate surface area is 66.0 Å².